The number of alkyl halides is 3. The van der Waals surface area contributed by atoms with Gasteiger partial charge in [0.25, 0.3) is 0 Å². The maximum Gasteiger partial charge on any atom is 0.573 e. The summed E-state index contributed by atoms with van der Waals surface area (Å²) in [5.41, 5.74) is 5.19. The van der Waals surface area contributed by atoms with E-state index in [2.05, 4.69) is 25.2 Å². The Morgan fingerprint density at radius 1 is 0.875 bits per heavy atom. The molecule has 1 aliphatic heterocycles. The lowest BCUT2D eigenvalue weighted by molar-refractivity contribution is -0.274. The summed E-state index contributed by atoms with van der Waals surface area (Å²) in [5, 5.41) is 4.42. The Morgan fingerprint density at radius 2 is 1.62 bits per heavy atom. The lowest BCUT2D eigenvalue weighted by atomic mass is 10.0. The van der Waals surface area contributed by atoms with Crippen molar-refractivity contribution >= 4 is 17.2 Å². The van der Waals surface area contributed by atoms with Crippen molar-refractivity contribution in [3.63, 3.8) is 0 Å². The molecule has 4 rings (SSSR count). The molecule has 0 saturated heterocycles. The molecule has 2 heterocycles. The van der Waals surface area contributed by atoms with Crippen LogP contribution >= 0.6 is 0 Å². The van der Waals surface area contributed by atoms with E-state index in [1.54, 1.807) is 42.7 Å². The molecule has 1 aliphatic rings. The van der Waals surface area contributed by atoms with Crippen molar-refractivity contribution in [3.8, 4) is 17.2 Å². The highest BCUT2D eigenvalue weighted by molar-refractivity contribution is 6.18. The van der Waals surface area contributed by atoms with Crippen molar-refractivity contribution in [3.05, 3.63) is 77.6 Å². The first-order chi connectivity index (χ1) is 15.4. The molecule has 0 radical (unpaired) electrons. The Kier molecular flexibility index (Phi) is 5.67. The van der Waals surface area contributed by atoms with Gasteiger partial charge in [-0.15, -0.1) is 13.2 Å². The van der Waals surface area contributed by atoms with E-state index in [0.29, 0.717) is 45.4 Å². The first-order valence-electron chi connectivity index (χ1n) is 9.32. The van der Waals surface area contributed by atoms with Gasteiger partial charge in [-0.3, -0.25) is 10.4 Å². The van der Waals surface area contributed by atoms with Gasteiger partial charge in [0.2, 0.25) is 0 Å². The number of nitrogens with one attached hydrogen (secondary N) is 1. The van der Waals surface area contributed by atoms with Crippen molar-refractivity contribution in [2.24, 2.45) is 10.1 Å². The third-order valence-corrected chi connectivity index (χ3v) is 4.52. The molecule has 0 bridgehead atoms. The molecule has 164 valence electrons. The normalized spacial score (nSPS) is 13.2. The van der Waals surface area contributed by atoms with Crippen molar-refractivity contribution in [1.29, 1.82) is 0 Å². The number of aromatic nitrogens is 1. The second kappa shape index (κ2) is 8.58. The van der Waals surface area contributed by atoms with Gasteiger partial charge in [-0.1, -0.05) is 0 Å². The zero-order valence-electron chi connectivity index (χ0n) is 17.0. The summed E-state index contributed by atoms with van der Waals surface area (Å²) in [6.45, 7) is 0. The molecule has 1 N–H and O–H groups in total. The van der Waals surface area contributed by atoms with Crippen LogP contribution in [0.15, 0.2) is 71.0 Å². The van der Waals surface area contributed by atoms with E-state index in [9.17, 15) is 13.2 Å². The average molecular weight is 442 g/mol. The predicted octanol–water partition coefficient (Wildman–Crippen LogP) is 4.43. The number of halogens is 3. The molecule has 7 nitrogen and oxygen atoms in total. The van der Waals surface area contributed by atoms with Gasteiger partial charge in [0.1, 0.15) is 23.0 Å². The number of ether oxygens (including phenoxy) is 3. The number of fused-ring (bicyclic) bond motifs is 1. The Morgan fingerprint density at radius 3 is 2.25 bits per heavy atom. The minimum absolute atomic E-state index is 0.345. The van der Waals surface area contributed by atoms with Crippen LogP contribution in [0.1, 0.15) is 16.7 Å². The highest BCUT2D eigenvalue weighted by Gasteiger charge is 2.31. The Hall–Kier alpha value is -4.08. The first-order valence-corrected chi connectivity index (χ1v) is 9.32. The molecule has 32 heavy (non-hydrogen) atoms. The van der Waals surface area contributed by atoms with E-state index >= 15 is 0 Å². The number of hydrazone groups is 1. The monoisotopic (exact) mass is 442 g/mol. The third-order valence-electron chi connectivity index (χ3n) is 4.52. The molecule has 0 amide bonds. The maximum atomic E-state index is 12.8. The molecule has 3 aromatic rings. The zero-order chi connectivity index (χ0) is 22.7. The number of methoxy groups -OCH3 is 2. The largest absolute Gasteiger partial charge is 0.573 e. The lowest BCUT2D eigenvalue weighted by Gasteiger charge is -2.12. The van der Waals surface area contributed by atoms with Gasteiger partial charge >= 0.3 is 6.36 Å². The summed E-state index contributed by atoms with van der Waals surface area (Å²) in [7, 11) is 3.05. The molecule has 0 saturated carbocycles. The highest BCUT2D eigenvalue weighted by Crippen LogP contribution is 2.32. The van der Waals surface area contributed by atoms with Gasteiger partial charge < -0.3 is 14.2 Å². The fourth-order valence-electron chi connectivity index (χ4n) is 3.11. The Bertz CT molecular complexity index is 1170. The number of pyridine rings is 1. The molecular formula is C22H17F3N4O3. The molecule has 0 fully saturated rings. The summed E-state index contributed by atoms with van der Waals surface area (Å²) >= 11 is 0. The molecular weight excluding hydrogens is 425 g/mol. The van der Waals surface area contributed by atoms with Gasteiger partial charge in [0.15, 0.2) is 5.84 Å². The van der Waals surface area contributed by atoms with Gasteiger partial charge in [-0.25, -0.2) is 4.99 Å². The number of benzene rings is 2. The average Bonchev–Trinajstić information content (AvgIpc) is 2.97. The van der Waals surface area contributed by atoms with Gasteiger partial charge in [0, 0.05) is 35.2 Å². The smallest absolute Gasteiger partial charge is 0.497 e. The fourth-order valence-corrected chi connectivity index (χ4v) is 3.11. The number of aliphatic imine (C=N–C) groups is 1. The van der Waals surface area contributed by atoms with E-state index < -0.39 is 6.36 Å². The topological polar surface area (TPSA) is 77.3 Å². The van der Waals surface area contributed by atoms with E-state index in [4.69, 9.17) is 9.47 Å². The second-order valence-corrected chi connectivity index (χ2v) is 6.60. The van der Waals surface area contributed by atoms with E-state index in [1.165, 1.54) is 32.4 Å². The van der Waals surface area contributed by atoms with Crippen molar-refractivity contribution < 1.29 is 27.4 Å². The van der Waals surface area contributed by atoms with E-state index in [1.807, 2.05) is 0 Å². The highest BCUT2D eigenvalue weighted by atomic mass is 19.4. The number of nitrogens with zero attached hydrogens (tertiary/aromatic N) is 3. The van der Waals surface area contributed by atoms with Crippen molar-refractivity contribution in [2.75, 3.05) is 14.2 Å². The minimum atomic E-state index is -4.83. The SMILES string of the molecule is COc1cc(OC)cc(C2=Nc3ccc(OC(F)(F)F)cc3C(c3cccnc3)=NN2)c1. The number of rotatable bonds is 5. The Balaban J connectivity index is 1.86. The zero-order valence-corrected chi connectivity index (χ0v) is 17.0. The van der Waals surface area contributed by atoms with Crippen LogP contribution in [0.2, 0.25) is 0 Å². The number of amidine groups is 1. The molecule has 0 spiro atoms. The van der Waals surface area contributed by atoms with Crippen LogP contribution in [-0.4, -0.2) is 37.1 Å². The fraction of sp³-hybridized carbons (Fsp3) is 0.136. The number of hydrogen-bond acceptors (Lipinski definition) is 7. The summed E-state index contributed by atoms with van der Waals surface area (Å²) in [6.07, 6.45) is -1.68. The summed E-state index contributed by atoms with van der Waals surface area (Å²) in [4.78, 5) is 8.67. The van der Waals surface area contributed by atoms with Crippen LogP contribution < -0.4 is 19.6 Å². The standard InChI is InChI=1S/C22H17F3N4O3/c1-30-16-8-14(9-17(10-16)31-2)21-27-19-6-5-15(32-22(23,24)25)11-18(19)20(28-29-21)13-4-3-7-26-12-13/h3-12H,1-2H3,(H,27,29). The van der Waals surface area contributed by atoms with Crippen LogP contribution in [0.5, 0.6) is 17.2 Å². The van der Waals surface area contributed by atoms with Crippen LogP contribution in [-0.2, 0) is 0 Å². The number of hydrogen-bond donors (Lipinski definition) is 1. The van der Waals surface area contributed by atoms with E-state index in [0.717, 1.165) is 0 Å². The molecule has 10 heteroatoms. The summed E-state index contributed by atoms with van der Waals surface area (Å²) in [5.74, 6) is 1.05. The van der Waals surface area contributed by atoms with E-state index in [-0.39, 0.29) is 5.75 Å². The van der Waals surface area contributed by atoms with Crippen LogP contribution in [0.4, 0.5) is 18.9 Å². The van der Waals surface area contributed by atoms with Gasteiger partial charge in [-0.2, -0.15) is 5.10 Å². The van der Waals surface area contributed by atoms with Crippen LogP contribution in [0, 0.1) is 0 Å². The maximum absolute atomic E-state index is 12.8. The van der Waals surface area contributed by atoms with Gasteiger partial charge in [-0.05, 0) is 42.5 Å². The Labute approximate surface area is 181 Å². The quantitative estimate of drug-likeness (QED) is 0.633. The summed E-state index contributed by atoms with van der Waals surface area (Å²) < 4.78 is 53.0. The van der Waals surface area contributed by atoms with Crippen molar-refractivity contribution in [2.45, 2.75) is 6.36 Å². The van der Waals surface area contributed by atoms with Crippen molar-refractivity contribution in [1.82, 2.24) is 10.4 Å². The summed E-state index contributed by atoms with van der Waals surface area (Å²) in [6, 6.07) is 12.5. The molecule has 2 aromatic carbocycles. The van der Waals surface area contributed by atoms with Crippen LogP contribution in [0.25, 0.3) is 0 Å². The minimum Gasteiger partial charge on any atom is -0.497 e. The molecule has 0 atom stereocenters. The lowest BCUT2D eigenvalue weighted by Crippen LogP contribution is -2.20. The molecule has 0 unspecified atom stereocenters. The molecule has 0 aliphatic carbocycles. The molecule has 1 aromatic heterocycles. The van der Waals surface area contributed by atoms with Gasteiger partial charge in [0.05, 0.1) is 19.9 Å². The third kappa shape index (κ3) is 4.64. The second-order valence-electron chi connectivity index (χ2n) is 6.60. The van der Waals surface area contributed by atoms with Crippen LogP contribution in [0.3, 0.4) is 0 Å². The predicted molar refractivity (Wildman–Crippen MR) is 112 cm³/mol. The first kappa shape index (κ1) is 21.2.